The minimum absolute atomic E-state index is 0. The number of piperidine rings is 1. The Bertz CT molecular complexity index is 162. The number of carbonyl (C=O) groups is 1. The van der Waals surface area contributed by atoms with Crippen LogP contribution in [-0.2, 0) is 4.79 Å². The van der Waals surface area contributed by atoms with Gasteiger partial charge in [-0.05, 0) is 32.4 Å². The highest BCUT2D eigenvalue weighted by Gasteiger charge is 2.27. The molecule has 0 aromatic heterocycles. The van der Waals surface area contributed by atoms with Crippen molar-refractivity contribution in [2.75, 3.05) is 13.1 Å². The lowest BCUT2D eigenvalue weighted by atomic mass is 10.0. The van der Waals surface area contributed by atoms with Crippen molar-refractivity contribution in [1.82, 2.24) is 4.90 Å². The van der Waals surface area contributed by atoms with Gasteiger partial charge in [0, 0.05) is 0 Å². The monoisotopic (exact) mass is 207 g/mol. The minimum atomic E-state index is -0.650. The molecule has 1 atom stereocenters. The first-order valence-corrected chi connectivity index (χ1v) is 4.72. The highest BCUT2D eigenvalue weighted by molar-refractivity contribution is 5.85. The van der Waals surface area contributed by atoms with Crippen molar-refractivity contribution in [3.8, 4) is 0 Å². The maximum absolute atomic E-state index is 10.8. The van der Waals surface area contributed by atoms with Gasteiger partial charge in [-0.1, -0.05) is 13.3 Å². The summed E-state index contributed by atoms with van der Waals surface area (Å²) in [6, 6.07) is -0.210. The van der Waals surface area contributed by atoms with Crippen molar-refractivity contribution in [2.24, 2.45) is 0 Å². The first-order valence-electron chi connectivity index (χ1n) is 4.72. The van der Waals surface area contributed by atoms with Gasteiger partial charge in [-0.2, -0.15) is 0 Å². The molecule has 78 valence electrons. The summed E-state index contributed by atoms with van der Waals surface area (Å²) in [5.41, 5.74) is 0. The molecule has 0 radical (unpaired) electrons. The van der Waals surface area contributed by atoms with Crippen LogP contribution in [0.3, 0.4) is 0 Å². The first kappa shape index (κ1) is 12.7. The lowest BCUT2D eigenvalue weighted by Gasteiger charge is -2.32. The molecule has 1 N–H and O–H groups in total. The van der Waals surface area contributed by atoms with E-state index in [4.69, 9.17) is 5.11 Å². The van der Waals surface area contributed by atoms with Crippen LogP contribution in [0.2, 0.25) is 0 Å². The highest BCUT2D eigenvalue weighted by atomic mass is 35.5. The molecule has 4 heteroatoms. The van der Waals surface area contributed by atoms with Crippen LogP contribution in [0.1, 0.15) is 32.6 Å². The fourth-order valence-corrected chi connectivity index (χ4v) is 1.83. The number of rotatable bonds is 3. The van der Waals surface area contributed by atoms with Gasteiger partial charge in [-0.3, -0.25) is 9.69 Å². The van der Waals surface area contributed by atoms with E-state index in [1.807, 2.05) is 0 Å². The third kappa shape index (κ3) is 3.53. The smallest absolute Gasteiger partial charge is 0.320 e. The van der Waals surface area contributed by atoms with Crippen LogP contribution in [-0.4, -0.2) is 35.1 Å². The fourth-order valence-electron chi connectivity index (χ4n) is 1.83. The Morgan fingerprint density at radius 2 is 2.23 bits per heavy atom. The molecular formula is C9H18ClNO2. The number of halogens is 1. The molecule has 1 fully saturated rings. The van der Waals surface area contributed by atoms with Crippen molar-refractivity contribution in [3.63, 3.8) is 0 Å². The fraction of sp³-hybridized carbons (Fsp3) is 0.889. The number of likely N-dealkylation sites (tertiary alicyclic amines) is 1. The van der Waals surface area contributed by atoms with Crippen LogP contribution in [0.15, 0.2) is 0 Å². The zero-order valence-corrected chi connectivity index (χ0v) is 8.85. The van der Waals surface area contributed by atoms with E-state index in [0.29, 0.717) is 0 Å². The van der Waals surface area contributed by atoms with Crippen LogP contribution in [0.25, 0.3) is 0 Å². The molecule has 0 saturated carbocycles. The van der Waals surface area contributed by atoms with Crippen molar-refractivity contribution in [3.05, 3.63) is 0 Å². The Balaban J connectivity index is 0.00000144. The predicted octanol–water partition coefficient (Wildman–Crippen LogP) is 1.76. The van der Waals surface area contributed by atoms with Crippen LogP contribution >= 0.6 is 12.4 Å². The zero-order valence-electron chi connectivity index (χ0n) is 8.03. The summed E-state index contributed by atoms with van der Waals surface area (Å²) in [6.07, 6.45) is 4.10. The number of carboxylic acids is 1. The normalized spacial score (nSPS) is 23.6. The average Bonchev–Trinajstić information content (AvgIpc) is 2.05. The summed E-state index contributed by atoms with van der Waals surface area (Å²) in [5, 5.41) is 8.89. The molecule has 13 heavy (non-hydrogen) atoms. The molecule has 0 aromatic carbocycles. The molecule has 0 unspecified atom stereocenters. The number of carboxylic acid groups (broad SMARTS) is 1. The second-order valence-electron chi connectivity index (χ2n) is 3.39. The van der Waals surface area contributed by atoms with Crippen molar-refractivity contribution in [1.29, 1.82) is 0 Å². The number of hydrogen-bond donors (Lipinski definition) is 1. The molecule has 0 spiro atoms. The third-order valence-corrected chi connectivity index (χ3v) is 2.41. The van der Waals surface area contributed by atoms with E-state index in [0.717, 1.165) is 38.8 Å². The van der Waals surface area contributed by atoms with E-state index in [9.17, 15) is 4.79 Å². The Hall–Kier alpha value is -0.280. The second-order valence-corrected chi connectivity index (χ2v) is 3.39. The molecule has 1 aliphatic rings. The SMILES string of the molecule is CCCN1CCCC[C@H]1C(=O)O.Cl. The van der Waals surface area contributed by atoms with Crippen molar-refractivity contribution >= 4 is 18.4 Å². The summed E-state index contributed by atoms with van der Waals surface area (Å²) in [7, 11) is 0. The quantitative estimate of drug-likeness (QED) is 0.767. The van der Waals surface area contributed by atoms with Crippen LogP contribution in [0.5, 0.6) is 0 Å². The molecule has 1 aliphatic heterocycles. The van der Waals surface area contributed by atoms with E-state index in [-0.39, 0.29) is 18.4 Å². The summed E-state index contributed by atoms with van der Waals surface area (Å²) in [5.74, 6) is -0.650. The van der Waals surface area contributed by atoms with Crippen LogP contribution in [0.4, 0.5) is 0 Å². The Kier molecular flexibility index (Phi) is 6.08. The van der Waals surface area contributed by atoms with Gasteiger partial charge in [0.2, 0.25) is 0 Å². The first-order chi connectivity index (χ1) is 5.75. The van der Waals surface area contributed by atoms with Gasteiger partial charge in [-0.25, -0.2) is 0 Å². The molecule has 0 amide bonds. The standard InChI is InChI=1S/C9H17NO2.ClH/c1-2-6-10-7-4-3-5-8(10)9(11)12;/h8H,2-7H2,1H3,(H,11,12);1H/t8-;/m0./s1. The molecule has 0 aliphatic carbocycles. The van der Waals surface area contributed by atoms with Crippen molar-refractivity contribution in [2.45, 2.75) is 38.6 Å². The number of nitrogens with zero attached hydrogens (tertiary/aromatic N) is 1. The summed E-state index contributed by atoms with van der Waals surface area (Å²) >= 11 is 0. The van der Waals surface area contributed by atoms with Crippen LogP contribution in [0, 0.1) is 0 Å². The largest absolute Gasteiger partial charge is 0.480 e. The van der Waals surface area contributed by atoms with Gasteiger partial charge in [0.25, 0.3) is 0 Å². The molecular weight excluding hydrogens is 190 g/mol. The lowest BCUT2D eigenvalue weighted by molar-refractivity contribution is -0.144. The molecule has 1 saturated heterocycles. The lowest BCUT2D eigenvalue weighted by Crippen LogP contribution is -2.44. The molecule has 0 bridgehead atoms. The zero-order chi connectivity index (χ0) is 8.97. The van der Waals surface area contributed by atoms with Gasteiger partial charge < -0.3 is 5.11 Å². The Labute approximate surface area is 85.5 Å². The highest BCUT2D eigenvalue weighted by Crippen LogP contribution is 2.16. The van der Waals surface area contributed by atoms with Gasteiger partial charge >= 0.3 is 5.97 Å². The van der Waals surface area contributed by atoms with Gasteiger partial charge in [0.15, 0.2) is 0 Å². The molecule has 1 rings (SSSR count). The predicted molar refractivity (Wildman–Crippen MR) is 54.4 cm³/mol. The van der Waals surface area contributed by atoms with Gasteiger partial charge in [0.1, 0.15) is 6.04 Å². The second kappa shape index (κ2) is 6.22. The topological polar surface area (TPSA) is 40.5 Å². The van der Waals surface area contributed by atoms with E-state index >= 15 is 0 Å². The van der Waals surface area contributed by atoms with E-state index < -0.39 is 5.97 Å². The van der Waals surface area contributed by atoms with E-state index in [2.05, 4.69) is 11.8 Å². The molecule has 1 heterocycles. The maximum atomic E-state index is 10.8. The summed E-state index contributed by atoms with van der Waals surface area (Å²) < 4.78 is 0. The summed E-state index contributed by atoms with van der Waals surface area (Å²) in [6.45, 7) is 3.98. The Morgan fingerprint density at radius 3 is 2.77 bits per heavy atom. The molecule has 0 aromatic rings. The minimum Gasteiger partial charge on any atom is -0.480 e. The Morgan fingerprint density at radius 1 is 1.54 bits per heavy atom. The molecule has 3 nitrogen and oxygen atoms in total. The van der Waals surface area contributed by atoms with Gasteiger partial charge in [-0.15, -0.1) is 12.4 Å². The van der Waals surface area contributed by atoms with E-state index in [1.54, 1.807) is 0 Å². The number of aliphatic carboxylic acids is 1. The van der Waals surface area contributed by atoms with Gasteiger partial charge in [0.05, 0.1) is 0 Å². The maximum Gasteiger partial charge on any atom is 0.320 e. The van der Waals surface area contributed by atoms with E-state index in [1.165, 1.54) is 0 Å². The number of hydrogen-bond acceptors (Lipinski definition) is 2. The van der Waals surface area contributed by atoms with Crippen molar-refractivity contribution < 1.29 is 9.90 Å². The third-order valence-electron chi connectivity index (χ3n) is 2.41. The average molecular weight is 208 g/mol. The van der Waals surface area contributed by atoms with Crippen LogP contribution < -0.4 is 0 Å². The summed E-state index contributed by atoms with van der Waals surface area (Å²) in [4.78, 5) is 12.9.